The van der Waals surface area contributed by atoms with Crippen molar-refractivity contribution in [2.45, 2.75) is 0 Å². The first kappa shape index (κ1) is 13.0. The molecule has 0 unspecified atom stereocenters. The molecule has 0 saturated carbocycles. The molecule has 5 heteroatoms. The molecular formula is C5H6BrN2NaO. The van der Waals surface area contributed by atoms with Crippen molar-refractivity contribution >= 4 is 21.6 Å². The second kappa shape index (κ2) is 6.12. The van der Waals surface area contributed by atoms with Crippen molar-refractivity contribution in [2.24, 2.45) is 0 Å². The Hall–Kier alpha value is 0.390. The summed E-state index contributed by atoms with van der Waals surface area (Å²) in [7, 11) is 0. The average molecular weight is 213 g/mol. The summed E-state index contributed by atoms with van der Waals surface area (Å²) in [4.78, 5) is 3.81. The van der Waals surface area contributed by atoms with Crippen LogP contribution in [0.4, 0.5) is 5.69 Å². The van der Waals surface area contributed by atoms with Gasteiger partial charge in [0, 0.05) is 16.9 Å². The van der Waals surface area contributed by atoms with Gasteiger partial charge in [-0.3, -0.25) is 4.98 Å². The first-order valence-electron chi connectivity index (χ1n) is 2.15. The summed E-state index contributed by atoms with van der Waals surface area (Å²) < 4.78 is 0.914. The molecule has 3 nitrogen and oxygen atoms in total. The molecule has 0 fully saturated rings. The second-order valence-electron chi connectivity index (χ2n) is 1.44. The third kappa shape index (κ3) is 4.24. The number of hydrogen-bond donors (Lipinski definition) is 1. The van der Waals surface area contributed by atoms with Crippen LogP contribution in [0.3, 0.4) is 0 Å². The first-order valence-corrected chi connectivity index (χ1v) is 2.94. The largest absolute Gasteiger partial charge is 1.00 e. The van der Waals surface area contributed by atoms with Gasteiger partial charge < -0.3 is 11.2 Å². The molecule has 0 aromatic carbocycles. The van der Waals surface area contributed by atoms with Gasteiger partial charge >= 0.3 is 29.6 Å². The molecule has 0 amide bonds. The number of nitrogen functional groups attached to an aromatic ring is 1. The maximum absolute atomic E-state index is 5.37. The summed E-state index contributed by atoms with van der Waals surface area (Å²) in [6.07, 6.45) is 3.29. The molecule has 0 spiro atoms. The minimum Gasteiger partial charge on any atom is -0.870 e. The molecule has 0 bridgehead atoms. The Morgan fingerprint density at radius 1 is 1.40 bits per heavy atom. The normalized spacial score (nSPS) is 7.30. The molecule has 1 heterocycles. The van der Waals surface area contributed by atoms with Crippen LogP contribution in [0.15, 0.2) is 22.9 Å². The molecule has 0 saturated heterocycles. The average Bonchev–Trinajstić information content (AvgIpc) is 1.64. The number of aromatic nitrogens is 1. The van der Waals surface area contributed by atoms with E-state index in [9.17, 15) is 0 Å². The number of halogens is 1. The Morgan fingerprint density at radius 2 is 2.00 bits per heavy atom. The second-order valence-corrected chi connectivity index (χ2v) is 2.35. The fraction of sp³-hybridized carbons (Fsp3) is 0. The van der Waals surface area contributed by atoms with Gasteiger partial charge in [0.15, 0.2) is 0 Å². The number of nitrogens with two attached hydrogens (primary N) is 1. The Morgan fingerprint density at radius 3 is 2.30 bits per heavy atom. The molecule has 1 aromatic rings. The molecular weight excluding hydrogens is 207 g/mol. The maximum Gasteiger partial charge on any atom is 1.00 e. The van der Waals surface area contributed by atoms with Crippen molar-refractivity contribution in [3.8, 4) is 0 Å². The van der Waals surface area contributed by atoms with E-state index in [4.69, 9.17) is 5.73 Å². The van der Waals surface area contributed by atoms with Gasteiger partial charge in [-0.25, -0.2) is 0 Å². The molecule has 3 N–H and O–H groups in total. The number of nitrogens with zero attached hydrogens (tertiary/aromatic N) is 1. The minimum absolute atomic E-state index is 0. The predicted molar refractivity (Wildman–Crippen MR) is 38.3 cm³/mol. The summed E-state index contributed by atoms with van der Waals surface area (Å²) in [6.45, 7) is 0. The fourth-order valence-corrected chi connectivity index (χ4v) is 0.811. The van der Waals surface area contributed by atoms with E-state index in [1.807, 2.05) is 0 Å². The van der Waals surface area contributed by atoms with E-state index in [2.05, 4.69) is 20.9 Å². The van der Waals surface area contributed by atoms with Gasteiger partial charge in [0.25, 0.3) is 0 Å². The minimum atomic E-state index is 0. The van der Waals surface area contributed by atoms with Crippen LogP contribution in [-0.4, -0.2) is 10.5 Å². The van der Waals surface area contributed by atoms with Crippen molar-refractivity contribution in [1.29, 1.82) is 0 Å². The molecule has 0 aliphatic carbocycles. The Balaban J connectivity index is 0. The predicted octanol–water partition coefficient (Wildman–Crippen LogP) is -1.75. The summed E-state index contributed by atoms with van der Waals surface area (Å²) in [5.41, 5.74) is 6.05. The van der Waals surface area contributed by atoms with Gasteiger partial charge in [-0.05, 0) is 22.0 Å². The number of rotatable bonds is 0. The molecule has 1 aromatic heterocycles. The molecule has 1 rings (SSSR count). The van der Waals surface area contributed by atoms with E-state index in [0.29, 0.717) is 5.69 Å². The van der Waals surface area contributed by atoms with Crippen molar-refractivity contribution in [3.63, 3.8) is 0 Å². The maximum atomic E-state index is 5.37. The van der Waals surface area contributed by atoms with E-state index in [1.165, 1.54) is 0 Å². The fourth-order valence-electron chi connectivity index (χ4n) is 0.428. The summed E-state index contributed by atoms with van der Waals surface area (Å²) >= 11 is 3.22. The first-order chi connectivity index (χ1) is 3.79. The van der Waals surface area contributed by atoms with Crippen LogP contribution in [0.1, 0.15) is 0 Å². The molecule has 50 valence electrons. The topological polar surface area (TPSA) is 68.9 Å². The Kier molecular flexibility index (Phi) is 7.97. The number of anilines is 1. The van der Waals surface area contributed by atoms with Gasteiger partial charge in [-0.15, -0.1) is 0 Å². The van der Waals surface area contributed by atoms with Crippen molar-refractivity contribution in [3.05, 3.63) is 22.9 Å². The molecule has 0 aliphatic heterocycles. The standard InChI is InChI=1S/C5H5BrN2.Na.H2O/c6-4-1-5(7)3-8-2-4;;/h1-3H,7H2;;1H2/q;+1;/p-1. The number of hydrogen-bond acceptors (Lipinski definition) is 3. The van der Waals surface area contributed by atoms with Crippen LogP contribution in [0.25, 0.3) is 0 Å². The zero-order valence-electron chi connectivity index (χ0n) is 5.58. The van der Waals surface area contributed by atoms with Crippen molar-refractivity contribution in [2.75, 3.05) is 5.73 Å². The summed E-state index contributed by atoms with van der Waals surface area (Å²) in [6, 6.07) is 1.80. The van der Waals surface area contributed by atoms with Crippen LogP contribution in [0.5, 0.6) is 0 Å². The van der Waals surface area contributed by atoms with Crippen LogP contribution in [0, 0.1) is 0 Å². The van der Waals surface area contributed by atoms with E-state index in [1.54, 1.807) is 18.5 Å². The molecule has 10 heavy (non-hydrogen) atoms. The summed E-state index contributed by atoms with van der Waals surface area (Å²) in [5, 5.41) is 0. The van der Waals surface area contributed by atoms with E-state index in [-0.39, 0.29) is 35.0 Å². The van der Waals surface area contributed by atoms with Crippen molar-refractivity contribution in [1.82, 2.24) is 4.98 Å². The van der Waals surface area contributed by atoms with Gasteiger partial charge in [0.2, 0.25) is 0 Å². The van der Waals surface area contributed by atoms with Crippen molar-refractivity contribution < 1.29 is 35.0 Å². The van der Waals surface area contributed by atoms with Gasteiger partial charge in [0.1, 0.15) is 0 Å². The quantitative estimate of drug-likeness (QED) is 0.520. The SMILES string of the molecule is Nc1cncc(Br)c1.[Na+].[OH-]. The van der Waals surface area contributed by atoms with E-state index < -0.39 is 0 Å². The van der Waals surface area contributed by atoms with Gasteiger partial charge in [-0.2, -0.15) is 0 Å². The third-order valence-corrected chi connectivity index (χ3v) is 1.16. The van der Waals surface area contributed by atoms with Crippen LogP contribution in [-0.2, 0) is 0 Å². The smallest absolute Gasteiger partial charge is 0.870 e. The number of pyridine rings is 1. The van der Waals surface area contributed by atoms with Crippen LogP contribution >= 0.6 is 15.9 Å². The molecule has 0 radical (unpaired) electrons. The van der Waals surface area contributed by atoms with E-state index in [0.717, 1.165) is 4.47 Å². The van der Waals surface area contributed by atoms with Gasteiger partial charge in [0.05, 0.1) is 5.69 Å². The van der Waals surface area contributed by atoms with E-state index >= 15 is 0 Å². The zero-order valence-corrected chi connectivity index (χ0v) is 9.17. The monoisotopic (exact) mass is 212 g/mol. The Labute approximate surface area is 89.8 Å². The zero-order chi connectivity index (χ0) is 5.98. The van der Waals surface area contributed by atoms with Gasteiger partial charge in [-0.1, -0.05) is 0 Å². The molecule has 0 atom stereocenters. The Bertz CT molecular complexity index is 180. The summed E-state index contributed by atoms with van der Waals surface area (Å²) in [5.74, 6) is 0. The third-order valence-electron chi connectivity index (χ3n) is 0.726. The van der Waals surface area contributed by atoms with Crippen LogP contribution < -0.4 is 35.3 Å². The molecule has 0 aliphatic rings. The van der Waals surface area contributed by atoms with Crippen LogP contribution in [0.2, 0.25) is 0 Å².